The highest BCUT2D eigenvalue weighted by molar-refractivity contribution is 6.33. The SMILES string of the molecule is CC1CCCCC1N(C)C(=O)c1cc(O)ccc1Cl. The minimum atomic E-state index is -0.111. The topological polar surface area (TPSA) is 40.5 Å². The van der Waals surface area contributed by atoms with Gasteiger partial charge in [0.2, 0.25) is 0 Å². The molecule has 0 radical (unpaired) electrons. The standard InChI is InChI=1S/C15H20ClNO2/c1-10-5-3-4-6-14(10)17(2)15(19)12-9-11(18)7-8-13(12)16/h7-10,14,18H,3-6H2,1-2H3. The fourth-order valence-corrected chi connectivity index (χ4v) is 3.09. The molecule has 1 aromatic rings. The van der Waals surface area contributed by atoms with Crippen molar-refractivity contribution in [3.63, 3.8) is 0 Å². The molecule has 0 aliphatic heterocycles. The lowest BCUT2D eigenvalue weighted by Gasteiger charge is -2.36. The summed E-state index contributed by atoms with van der Waals surface area (Å²) in [5.74, 6) is 0.469. The highest BCUT2D eigenvalue weighted by Crippen LogP contribution is 2.30. The summed E-state index contributed by atoms with van der Waals surface area (Å²) in [5.41, 5.74) is 0.377. The van der Waals surface area contributed by atoms with Gasteiger partial charge in [0, 0.05) is 13.1 Å². The maximum absolute atomic E-state index is 12.5. The molecule has 0 saturated heterocycles. The van der Waals surface area contributed by atoms with E-state index in [0.29, 0.717) is 16.5 Å². The lowest BCUT2D eigenvalue weighted by Crippen LogP contribution is -2.42. The molecule has 4 heteroatoms. The number of hydrogen-bond donors (Lipinski definition) is 1. The Morgan fingerprint density at radius 2 is 2.05 bits per heavy atom. The molecule has 1 amide bonds. The van der Waals surface area contributed by atoms with Crippen LogP contribution in [0.15, 0.2) is 18.2 Å². The van der Waals surface area contributed by atoms with Crippen LogP contribution in [-0.4, -0.2) is 29.0 Å². The first kappa shape index (κ1) is 14.2. The van der Waals surface area contributed by atoms with Crippen molar-refractivity contribution < 1.29 is 9.90 Å². The van der Waals surface area contributed by atoms with E-state index in [-0.39, 0.29) is 17.7 Å². The van der Waals surface area contributed by atoms with Gasteiger partial charge in [-0.05, 0) is 37.0 Å². The molecule has 1 aromatic carbocycles. The molecule has 0 aromatic heterocycles. The van der Waals surface area contributed by atoms with Crippen molar-refractivity contribution in [1.82, 2.24) is 4.90 Å². The summed E-state index contributed by atoms with van der Waals surface area (Å²) in [4.78, 5) is 14.3. The Hall–Kier alpha value is -1.22. The predicted octanol–water partition coefficient (Wildman–Crippen LogP) is 3.70. The van der Waals surface area contributed by atoms with Gasteiger partial charge in [-0.25, -0.2) is 0 Å². The Morgan fingerprint density at radius 1 is 1.37 bits per heavy atom. The number of hydrogen-bond acceptors (Lipinski definition) is 2. The maximum atomic E-state index is 12.5. The number of phenolic OH excluding ortho intramolecular Hbond substituents is 1. The molecule has 2 atom stereocenters. The summed E-state index contributed by atoms with van der Waals surface area (Å²) in [6.07, 6.45) is 4.61. The average molecular weight is 282 g/mol. The minimum Gasteiger partial charge on any atom is -0.508 e. The molecule has 1 aliphatic carbocycles. The summed E-state index contributed by atoms with van der Waals surface area (Å²) in [6, 6.07) is 4.75. The Morgan fingerprint density at radius 3 is 2.74 bits per heavy atom. The molecule has 2 unspecified atom stereocenters. The number of aromatic hydroxyl groups is 1. The van der Waals surface area contributed by atoms with Gasteiger partial charge in [0.25, 0.3) is 5.91 Å². The number of carbonyl (C=O) groups excluding carboxylic acids is 1. The number of phenols is 1. The van der Waals surface area contributed by atoms with Gasteiger partial charge in [-0.2, -0.15) is 0 Å². The van der Waals surface area contributed by atoms with E-state index in [2.05, 4.69) is 6.92 Å². The van der Waals surface area contributed by atoms with Crippen molar-refractivity contribution in [3.8, 4) is 5.75 Å². The first-order valence-electron chi connectivity index (χ1n) is 6.76. The van der Waals surface area contributed by atoms with Crippen LogP contribution < -0.4 is 0 Å². The number of nitrogens with zero attached hydrogens (tertiary/aromatic N) is 1. The van der Waals surface area contributed by atoms with Crippen LogP contribution in [0.1, 0.15) is 43.0 Å². The Bertz CT molecular complexity index is 475. The summed E-state index contributed by atoms with van der Waals surface area (Å²) in [7, 11) is 1.83. The van der Waals surface area contributed by atoms with Crippen LogP contribution in [0.3, 0.4) is 0 Å². The van der Waals surface area contributed by atoms with Crippen LogP contribution >= 0.6 is 11.6 Å². The van der Waals surface area contributed by atoms with Crippen molar-refractivity contribution >= 4 is 17.5 Å². The van der Waals surface area contributed by atoms with E-state index >= 15 is 0 Å². The van der Waals surface area contributed by atoms with Gasteiger partial charge in [0.15, 0.2) is 0 Å². The predicted molar refractivity (Wildman–Crippen MR) is 76.6 cm³/mol. The van der Waals surface area contributed by atoms with Gasteiger partial charge in [0.05, 0.1) is 10.6 Å². The first-order chi connectivity index (χ1) is 9.00. The molecule has 1 N–H and O–H groups in total. The fraction of sp³-hybridized carbons (Fsp3) is 0.533. The summed E-state index contributed by atoms with van der Waals surface area (Å²) >= 11 is 6.05. The van der Waals surface area contributed by atoms with Crippen molar-refractivity contribution in [1.29, 1.82) is 0 Å². The van der Waals surface area contributed by atoms with Gasteiger partial charge in [-0.15, -0.1) is 0 Å². The third-order valence-electron chi connectivity index (χ3n) is 4.06. The maximum Gasteiger partial charge on any atom is 0.255 e. The quantitative estimate of drug-likeness (QED) is 0.898. The second-order valence-corrected chi connectivity index (χ2v) is 5.82. The van der Waals surface area contributed by atoms with E-state index in [1.807, 2.05) is 7.05 Å². The normalized spacial score (nSPS) is 23.1. The van der Waals surface area contributed by atoms with Crippen molar-refractivity contribution in [2.45, 2.75) is 38.6 Å². The van der Waals surface area contributed by atoms with E-state index in [0.717, 1.165) is 12.8 Å². The molecule has 2 rings (SSSR count). The van der Waals surface area contributed by atoms with Crippen molar-refractivity contribution in [2.75, 3.05) is 7.05 Å². The second-order valence-electron chi connectivity index (χ2n) is 5.41. The van der Waals surface area contributed by atoms with Gasteiger partial charge in [-0.3, -0.25) is 4.79 Å². The van der Waals surface area contributed by atoms with Crippen molar-refractivity contribution in [3.05, 3.63) is 28.8 Å². The van der Waals surface area contributed by atoms with Gasteiger partial charge >= 0.3 is 0 Å². The molecule has 104 valence electrons. The molecule has 0 heterocycles. The Labute approximate surface area is 119 Å². The molecule has 0 spiro atoms. The lowest BCUT2D eigenvalue weighted by atomic mass is 9.85. The van der Waals surface area contributed by atoms with E-state index in [1.54, 1.807) is 11.0 Å². The minimum absolute atomic E-state index is 0.0674. The first-order valence-corrected chi connectivity index (χ1v) is 7.14. The third-order valence-corrected chi connectivity index (χ3v) is 4.39. The Balaban J connectivity index is 2.20. The molecule has 19 heavy (non-hydrogen) atoms. The number of benzene rings is 1. The average Bonchev–Trinajstić information content (AvgIpc) is 2.40. The molecule has 1 fully saturated rings. The second kappa shape index (κ2) is 5.83. The van der Waals surface area contributed by atoms with E-state index in [4.69, 9.17) is 11.6 Å². The smallest absolute Gasteiger partial charge is 0.255 e. The van der Waals surface area contributed by atoms with E-state index in [1.165, 1.54) is 25.0 Å². The van der Waals surface area contributed by atoms with Crippen LogP contribution in [0.2, 0.25) is 5.02 Å². The summed E-state index contributed by atoms with van der Waals surface area (Å²) in [5, 5.41) is 9.89. The van der Waals surface area contributed by atoms with Gasteiger partial charge < -0.3 is 10.0 Å². The molecule has 3 nitrogen and oxygen atoms in total. The largest absolute Gasteiger partial charge is 0.508 e. The third kappa shape index (κ3) is 3.03. The van der Waals surface area contributed by atoms with Crippen LogP contribution in [0.4, 0.5) is 0 Å². The van der Waals surface area contributed by atoms with E-state index < -0.39 is 0 Å². The Kier molecular flexibility index (Phi) is 4.35. The van der Waals surface area contributed by atoms with Crippen LogP contribution in [0.25, 0.3) is 0 Å². The molecule has 1 saturated carbocycles. The van der Waals surface area contributed by atoms with Gasteiger partial charge in [-0.1, -0.05) is 31.4 Å². The number of amides is 1. The molecule has 0 bridgehead atoms. The van der Waals surface area contributed by atoms with Crippen LogP contribution in [0.5, 0.6) is 5.75 Å². The number of rotatable bonds is 2. The summed E-state index contributed by atoms with van der Waals surface area (Å²) in [6.45, 7) is 2.19. The molecular formula is C15H20ClNO2. The highest BCUT2D eigenvalue weighted by atomic mass is 35.5. The van der Waals surface area contributed by atoms with Crippen molar-refractivity contribution in [2.24, 2.45) is 5.92 Å². The molecular weight excluding hydrogens is 262 g/mol. The fourth-order valence-electron chi connectivity index (χ4n) is 2.89. The number of halogens is 1. The van der Waals surface area contributed by atoms with Gasteiger partial charge in [0.1, 0.15) is 5.75 Å². The zero-order valence-electron chi connectivity index (χ0n) is 11.4. The van der Waals surface area contributed by atoms with E-state index in [9.17, 15) is 9.90 Å². The van der Waals surface area contributed by atoms with Crippen LogP contribution in [0, 0.1) is 5.92 Å². The lowest BCUT2D eigenvalue weighted by molar-refractivity contribution is 0.0629. The summed E-state index contributed by atoms with van der Waals surface area (Å²) < 4.78 is 0. The number of carbonyl (C=O) groups is 1. The highest BCUT2D eigenvalue weighted by Gasteiger charge is 2.29. The zero-order chi connectivity index (χ0) is 14.0. The monoisotopic (exact) mass is 281 g/mol. The van der Waals surface area contributed by atoms with Crippen LogP contribution in [-0.2, 0) is 0 Å². The zero-order valence-corrected chi connectivity index (χ0v) is 12.2. The molecule has 1 aliphatic rings.